The standard InChI is InChI=1S/C27H33N3O5/c1-20-23(9-5-10-25(20)22-7-3-2-4-8-22)19-35-27-12-11-21(15-26(27)30(33)34)16-28-13-6-14-29-24(17-31)18-32/h2-5,7-12,15,24,28-29,31-32H,6,13-14,16-19H2,1H3. The van der Waals surface area contributed by atoms with E-state index in [1.54, 1.807) is 12.1 Å². The van der Waals surface area contributed by atoms with E-state index in [9.17, 15) is 10.1 Å². The second-order valence-electron chi connectivity index (χ2n) is 8.35. The Balaban J connectivity index is 1.58. The molecule has 186 valence electrons. The first-order valence-corrected chi connectivity index (χ1v) is 11.7. The van der Waals surface area contributed by atoms with E-state index < -0.39 is 4.92 Å². The summed E-state index contributed by atoms with van der Waals surface area (Å²) < 4.78 is 5.90. The quantitative estimate of drug-likeness (QED) is 0.159. The summed E-state index contributed by atoms with van der Waals surface area (Å²) in [5.41, 5.74) is 5.03. The highest BCUT2D eigenvalue weighted by atomic mass is 16.6. The maximum atomic E-state index is 11.7. The number of rotatable bonds is 14. The molecule has 0 aliphatic carbocycles. The molecule has 0 spiro atoms. The third-order valence-electron chi connectivity index (χ3n) is 5.87. The summed E-state index contributed by atoms with van der Waals surface area (Å²) in [6.07, 6.45) is 0.793. The number of hydrogen-bond acceptors (Lipinski definition) is 7. The van der Waals surface area contributed by atoms with Crippen LogP contribution in [0.3, 0.4) is 0 Å². The number of aliphatic hydroxyl groups excluding tert-OH is 2. The van der Waals surface area contributed by atoms with Crippen LogP contribution >= 0.6 is 0 Å². The summed E-state index contributed by atoms with van der Waals surface area (Å²) in [7, 11) is 0. The van der Waals surface area contributed by atoms with Gasteiger partial charge in [0.1, 0.15) is 6.61 Å². The number of aliphatic hydroxyl groups is 2. The van der Waals surface area contributed by atoms with Crippen LogP contribution < -0.4 is 15.4 Å². The number of nitrogens with one attached hydrogen (secondary N) is 2. The number of hydrogen-bond donors (Lipinski definition) is 4. The molecule has 3 aromatic rings. The van der Waals surface area contributed by atoms with Crippen LogP contribution in [-0.4, -0.2) is 47.5 Å². The maximum absolute atomic E-state index is 11.7. The number of benzene rings is 3. The van der Waals surface area contributed by atoms with Gasteiger partial charge in [-0.3, -0.25) is 10.1 Å². The molecule has 8 nitrogen and oxygen atoms in total. The van der Waals surface area contributed by atoms with Crippen molar-refractivity contribution in [2.45, 2.75) is 32.5 Å². The van der Waals surface area contributed by atoms with E-state index >= 15 is 0 Å². The highest BCUT2D eigenvalue weighted by Crippen LogP contribution is 2.30. The van der Waals surface area contributed by atoms with Crippen LogP contribution in [0.5, 0.6) is 5.75 Å². The van der Waals surface area contributed by atoms with Gasteiger partial charge in [-0.15, -0.1) is 0 Å². The van der Waals surface area contributed by atoms with Gasteiger partial charge >= 0.3 is 5.69 Å². The molecule has 0 bridgehead atoms. The van der Waals surface area contributed by atoms with Crippen molar-refractivity contribution in [2.24, 2.45) is 0 Å². The summed E-state index contributed by atoms with van der Waals surface area (Å²) in [5.74, 6) is 0.242. The van der Waals surface area contributed by atoms with Crippen LogP contribution in [0.15, 0.2) is 66.7 Å². The van der Waals surface area contributed by atoms with Gasteiger partial charge in [-0.2, -0.15) is 0 Å². The molecule has 0 radical (unpaired) electrons. The average Bonchev–Trinajstić information content (AvgIpc) is 2.88. The molecule has 0 aliphatic rings. The molecule has 0 saturated carbocycles. The Hall–Kier alpha value is -3.30. The molecular weight excluding hydrogens is 446 g/mol. The van der Waals surface area contributed by atoms with Gasteiger partial charge < -0.3 is 25.6 Å². The molecule has 4 N–H and O–H groups in total. The lowest BCUT2D eigenvalue weighted by Crippen LogP contribution is -2.37. The molecule has 0 aromatic heterocycles. The molecule has 0 saturated heterocycles. The first-order chi connectivity index (χ1) is 17.0. The Morgan fingerprint density at radius 1 is 1.00 bits per heavy atom. The smallest absolute Gasteiger partial charge is 0.311 e. The van der Waals surface area contributed by atoms with Gasteiger partial charge in [0.25, 0.3) is 0 Å². The van der Waals surface area contributed by atoms with Crippen molar-refractivity contribution >= 4 is 5.69 Å². The molecule has 3 rings (SSSR count). The largest absolute Gasteiger partial charge is 0.482 e. The van der Waals surface area contributed by atoms with Crippen molar-refractivity contribution < 1.29 is 19.9 Å². The first kappa shape index (κ1) is 26.3. The molecule has 0 heterocycles. The first-order valence-electron chi connectivity index (χ1n) is 11.7. The van der Waals surface area contributed by atoms with Crippen molar-refractivity contribution in [3.63, 3.8) is 0 Å². The summed E-state index contributed by atoms with van der Waals surface area (Å²) in [6, 6.07) is 20.8. The minimum atomic E-state index is -0.417. The Kier molecular flexibility index (Phi) is 10.2. The average molecular weight is 480 g/mol. The van der Waals surface area contributed by atoms with Crippen LogP contribution in [0.2, 0.25) is 0 Å². The topological polar surface area (TPSA) is 117 Å². The number of nitro groups is 1. The van der Waals surface area contributed by atoms with Crippen molar-refractivity contribution in [1.29, 1.82) is 0 Å². The molecule has 35 heavy (non-hydrogen) atoms. The van der Waals surface area contributed by atoms with Gasteiger partial charge in [0, 0.05) is 12.6 Å². The molecule has 0 amide bonds. The lowest BCUT2D eigenvalue weighted by atomic mass is 9.97. The summed E-state index contributed by atoms with van der Waals surface area (Å²) in [4.78, 5) is 11.3. The lowest BCUT2D eigenvalue weighted by molar-refractivity contribution is -0.386. The van der Waals surface area contributed by atoms with E-state index in [-0.39, 0.29) is 37.3 Å². The zero-order chi connectivity index (χ0) is 25.0. The van der Waals surface area contributed by atoms with Crippen molar-refractivity contribution in [1.82, 2.24) is 10.6 Å². The fourth-order valence-electron chi connectivity index (χ4n) is 3.80. The minimum Gasteiger partial charge on any atom is -0.482 e. The van der Waals surface area contributed by atoms with Crippen LogP contribution in [0, 0.1) is 17.0 Å². The maximum Gasteiger partial charge on any atom is 0.311 e. The molecule has 0 aliphatic heterocycles. The van der Waals surface area contributed by atoms with E-state index in [1.807, 2.05) is 43.3 Å². The number of nitrogens with zero attached hydrogens (tertiary/aromatic N) is 1. The van der Waals surface area contributed by atoms with Crippen molar-refractivity contribution in [2.75, 3.05) is 26.3 Å². The van der Waals surface area contributed by atoms with Gasteiger partial charge in [0.2, 0.25) is 0 Å². The second kappa shape index (κ2) is 13.6. The third-order valence-corrected chi connectivity index (χ3v) is 5.87. The molecular formula is C27H33N3O5. The highest BCUT2D eigenvalue weighted by Gasteiger charge is 2.17. The van der Waals surface area contributed by atoms with E-state index in [2.05, 4.69) is 28.8 Å². The van der Waals surface area contributed by atoms with Gasteiger partial charge in [-0.05, 0) is 60.3 Å². The third kappa shape index (κ3) is 7.60. The summed E-state index contributed by atoms with van der Waals surface area (Å²) >= 11 is 0. The van der Waals surface area contributed by atoms with E-state index in [1.165, 1.54) is 0 Å². The van der Waals surface area contributed by atoms with E-state index in [0.717, 1.165) is 34.2 Å². The normalized spacial score (nSPS) is 11.1. The summed E-state index contributed by atoms with van der Waals surface area (Å²) in [6.45, 7) is 3.88. The molecule has 3 aromatic carbocycles. The Morgan fingerprint density at radius 3 is 2.49 bits per heavy atom. The van der Waals surface area contributed by atoms with Gasteiger partial charge in [-0.1, -0.05) is 54.6 Å². The minimum absolute atomic E-state index is 0.0587. The lowest BCUT2D eigenvalue weighted by Gasteiger charge is -2.14. The number of nitro benzene ring substituents is 1. The molecule has 0 fully saturated rings. The van der Waals surface area contributed by atoms with Crippen LogP contribution in [0.25, 0.3) is 11.1 Å². The zero-order valence-electron chi connectivity index (χ0n) is 19.9. The van der Waals surface area contributed by atoms with E-state index in [4.69, 9.17) is 14.9 Å². The molecule has 0 atom stereocenters. The molecule has 8 heteroatoms. The van der Waals surface area contributed by atoms with Gasteiger partial charge in [0.05, 0.1) is 24.2 Å². The Bertz CT molecular complexity index is 1090. The van der Waals surface area contributed by atoms with Crippen molar-refractivity contribution in [3.05, 3.63) is 93.5 Å². The monoisotopic (exact) mass is 479 g/mol. The van der Waals surface area contributed by atoms with Crippen LogP contribution in [-0.2, 0) is 13.2 Å². The second-order valence-corrected chi connectivity index (χ2v) is 8.35. The predicted molar refractivity (Wildman–Crippen MR) is 136 cm³/mol. The van der Waals surface area contributed by atoms with Crippen LogP contribution in [0.4, 0.5) is 5.69 Å². The Morgan fingerprint density at radius 2 is 1.77 bits per heavy atom. The zero-order valence-corrected chi connectivity index (χ0v) is 19.9. The van der Waals surface area contributed by atoms with E-state index in [0.29, 0.717) is 19.6 Å². The van der Waals surface area contributed by atoms with Crippen molar-refractivity contribution in [3.8, 4) is 16.9 Å². The van der Waals surface area contributed by atoms with Gasteiger partial charge in [-0.25, -0.2) is 0 Å². The van der Waals surface area contributed by atoms with Crippen LogP contribution in [0.1, 0.15) is 23.1 Å². The SMILES string of the molecule is Cc1c(COc2ccc(CNCCCNC(CO)CO)cc2[N+](=O)[O-])cccc1-c1ccccc1. The van der Waals surface area contributed by atoms with Gasteiger partial charge in [0.15, 0.2) is 5.75 Å². The summed E-state index contributed by atoms with van der Waals surface area (Å²) in [5, 5.41) is 36.1. The highest BCUT2D eigenvalue weighted by molar-refractivity contribution is 5.68. The number of ether oxygens (including phenoxy) is 1. The fourth-order valence-corrected chi connectivity index (χ4v) is 3.80. The Labute approximate surface area is 205 Å². The fraction of sp³-hybridized carbons (Fsp3) is 0.333. The predicted octanol–water partition coefficient (Wildman–Crippen LogP) is 3.57. The molecule has 0 unspecified atom stereocenters.